The van der Waals surface area contributed by atoms with Crippen molar-refractivity contribution in [3.8, 4) is 0 Å². The summed E-state index contributed by atoms with van der Waals surface area (Å²) in [6, 6.07) is 0. The van der Waals surface area contributed by atoms with E-state index in [-0.39, 0.29) is 11.8 Å². The molecule has 0 saturated carbocycles. The molecule has 1 fully saturated rings. The molecule has 2 heterocycles. The maximum Gasteiger partial charge on any atom is 0.329 e. The van der Waals surface area contributed by atoms with Gasteiger partial charge in [-0.05, 0) is 26.7 Å². The Kier molecular flexibility index (Phi) is 4.10. The van der Waals surface area contributed by atoms with Gasteiger partial charge in [0.15, 0.2) is 0 Å². The Labute approximate surface area is 121 Å². The minimum atomic E-state index is -1.27. The van der Waals surface area contributed by atoms with E-state index in [4.69, 9.17) is 9.84 Å². The lowest BCUT2D eigenvalue weighted by Crippen LogP contribution is -2.50. The predicted molar refractivity (Wildman–Crippen MR) is 73.8 cm³/mol. The van der Waals surface area contributed by atoms with Crippen molar-refractivity contribution in [2.75, 3.05) is 13.7 Å². The molecule has 0 spiro atoms. The second kappa shape index (κ2) is 5.49. The number of carbonyl (C=O) groups is 2. The third kappa shape index (κ3) is 2.69. The number of amides is 1. The van der Waals surface area contributed by atoms with E-state index in [1.54, 1.807) is 5.38 Å². The molecule has 6 nitrogen and oxygen atoms in total. The molecule has 0 aromatic carbocycles. The lowest BCUT2D eigenvalue weighted by atomic mass is 10.0. The first-order valence-corrected chi connectivity index (χ1v) is 7.30. The molecule has 7 heteroatoms. The van der Waals surface area contributed by atoms with Gasteiger partial charge in [0.05, 0.1) is 0 Å². The van der Waals surface area contributed by atoms with Crippen LogP contribution in [0.1, 0.15) is 48.3 Å². The lowest BCUT2D eigenvalue weighted by Gasteiger charge is -2.30. The van der Waals surface area contributed by atoms with Crippen LogP contribution in [0.5, 0.6) is 0 Å². The molecule has 1 aromatic rings. The highest BCUT2D eigenvalue weighted by Gasteiger charge is 2.36. The van der Waals surface area contributed by atoms with Crippen LogP contribution < -0.4 is 0 Å². The first-order valence-electron chi connectivity index (χ1n) is 6.42. The number of thiazole rings is 1. The van der Waals surface area contributed by atoms with Gasteiger partial charge in [0, 0.05) is 19.0 Å². The van der Waals surface area contributed by atoms with Gasteiger partial charge in [-0.15, -0.1) is 11.3 Å². The molecule has 1 unspecified atom stereocenters. The smallest absolute Gasteiger partial charge is 0.329 e. The molecule has 1 amide bonds. The molecule has 1 aliphatic heterocycles. The number of ether oxygens (including phenoxy) is 1. The number of hydrogen-bond donors (Lipinski definition) is 1. The van der Waals surface area contributed by atoms with Crippen LogP contribution in [0.4, 0.5) is 0 Å². The zero-order chi connectivity index (χ0) is 14.9. The van der Waals surface area contributed by atoms with Crippen molar-refractivity contribution < 1.29 is 19.4 Å². The minimum absolute atomic E-state index is 0.0284. The van der Waals surface area contributed by atoms with E-state index >= 15 is 0 Å². The van der Waals surface area contributed by atoms with Crippen molar-refractivity contribution in [3.05, 3.63) is 16.1 Å². The van der Waals surface area contributed by atoms with Gasteiger partial charge >= 0.3 is 5.97 Å². The van der Waals surface area contributed by atoms with Gasteiger partial charge in [-0.2, -0.15) is 0 Å². The van der Waals surface area contributed by atoms with Gasteiger partial charge in [-0.1, -0.05) is 0 Å². The molecule has 0 radical (unpaired) electrons. The standard InChI is InChI=1S/C13H18N2O4S/c1-13(2,12(17)18)15(3)11(16)8-7-20-10(14-8)9-5-4-6-19-9/h7,9H,4-6H2,1-3H3,(H,17,18). The van der Waals surface area contributed by atoms with Gasteiger partial charge in [0.2, 0.25) is 0 Å². The summed E-state index contributed by atoms with van der Waals surface area (Å²) < 4.78 is 5.53. The molecule has 0 aliphatic carbocycles. The van der Waals surface area contributed by atoms with Crippen LogP contribution >= 0.6 is 11.3 Å². The highest BCUT2D eigenvalue weighted by molar-refractivity contribution is 7.09. The highest BCUT2D eigenvalue weighted by Crippen LogP contribution is 2.31. The second-order valence-corrected chi connectivity index (χ2v) is 6.19. The van der Waals surface area contributed by atoms with Crippen molar-refractivity contribution in [1.82, 2.24) is 9.88 Å². The Hall–Kier alpha value is -1.47. The van der Waals surface area contributed by atoms with Crippen LogP contribution in [0.15, 0.2) is 5.38 Å². The topological polar surface area (TPSA) is 79.7 Å². The predicted octanol–water partition coefficient (Wildman–Crippen LogP) is 1.93. The first-order chi connectivity index (χ1) is 9.34. The van der Waals surface area contributed by atoms with E-state index < -0.39 is 17.4 Å². The van der Waals surface area contributed by atoms with Crippen molar-refractivity contribution in [1.29, 1.82) is 0 Å². The van der Waals surface area contributed by atoms with E-state index in [1.807, 2.05) is 0 Å². The zero-order valence-electron chi connectivity index (χ0n) is 11.8. The monoisotopic (exact) mass is 298 g/mol. The van der Waals surface area contributed by atoms with E-state index in [2.05, 4.69) is 4.98 Å². The number of rotatable bonds is 4. The van der Waals surface area contributed by atoms with E-state index in [1.165, 1.54) is 37.1 Å². The molecule has 1 N–H and O–H groups in total. The fourth-order valence-corrected chi connectivity index (χ4v) is 2.75. The third-order valence-corrected chi connectivity index (χ3v) is 4.55. The molecular formula is C13H18N2O4S. The number of aromatic nitrogens is 1. The first kappa shape index (κ1) is 14.9. The maximum absolute atomic E-state index is 12.3. The van der Waals surface area contributed by atoms with Crippen LogP contribution in [-0.2, 0) is 9.53 Å². The number of carbonyl (C=O) groups excluding carboxylic acids is 1. The second-order valence-electron chi connectivity index (χ2n) is 5.30. The average molecular weight is 298 g/mol. The molecule has 2 rings (SSSR count). The van der Waals surface area contributed by atoms with E-state index in [9.17, 15) is 9.59 Å². The molecule has 20 heavy (non-hydrogen) atoms. The Morgan fingerprint density at radius 2 is 2.25 bits per heavy atom. The summed E-state index contributed by atoms with van der Waals surface area (Å²) in [5.74, 6) is -1.44. The summed E-state index contributed by atoms with van der Waals surface area (Å²) in [6.45, 7) is 3.70. The van der Waals surface area contributed by atoms with Crippen molar-refractivity contribution >= 4 is 23.2 Å². The Bertz CT molecular complexity index is 520. The number of carboxylic acids is 1. The van der Waals surface area contributed by atoms with E-state index in [0.717, 1.165) is 24.5 Å². The summed E-state index contributed by atoms with van der Waals surface area (Å²) in [7, 11) is 1.47. The average Bonchev–Trinajstić information content (AvgIpc) is 3.06. The quantitative estimate of drug-likeness (QED) is 0.918. The van der Waals surface area contributed by atoms with E-state index in [0.29, 0.717) is 0 Å². The third-order valence-electron chi connectivity index (χ3n) is 3.61. The lowest BCUT2D eigenvalue weighted by molar-refractivity contribution is -0.147. The zero-order valence-corrected chi connectivity index (χ0v) is 12.6. The summed E-state index contributed by atoms with van der Waals surface area (Å²) >= 11 is 1.38. The number of aliphatic carboxylic acids is 1. The summed E-state index contributed by atoms with van der Waals surface area (Å²) in [6.07, 6.45) is 1.89. The fraction of sp³-hybridized carbons (Fsp3) is 0.615. The van der Waals surface area contributed by atoms with Gasteiger partial charge in [0.1, 0.15) is 22.3 Å². The van der Waals surface area contributed by atoms with Crippen LogP contribution in [0.3, 0.4) is 0 Å². The Morgan fingerprint density at radius 3 is 2.80 bits per heavy atom. The van der Waals surface area contributed by atoms with Crippen molar-refractivity contribution in [3.63, 3.8) is 0 Å². The molecule has 1 aromatic heterocycles. The highest BCUT2D eigenvalue weighted by atomic mass is 32.1. The molecule has 110 valence electrons. The van der Waals surface area contributed by atoms with Crippen LogP contribution in [-0.4, -0.2) is 46.1 Å². The van der Waals surface area contributed by atoms with Gasteiger partial charge in [-0.3, -0.25) is 4.79 Å². The van der Waals surface area contributed by atoms with Crippen LogP contribution in [0.25, 0.3) is 0 Å². The maximum atomic E-state index is 12.3. The van der Waals surface area contributed by atoms with Crippen LogP contribution in [0.2, 0.25) is 0 Å². The Balaban J connectivity index is 2.15. The summed E-state index contributed by atoms with van der Waals surface area (Å²) in [5, 5.41) is 11.6. The number of carboxylic acid groups (broad SMARTS) is 1. The van der Waals surface area contributed by atoms with Gasteiger partial charge in [0.25, 0.3) is 5.91 Å². The van der Waals surface area contributed by atoms with Gasteiger partial charge in [-0.25, -0.2) is 9.78 Å². The summed E-state index contributed by atoms with van der Waals surface area (Å²) in [5.41, 5.74) is -0.998. The fourth-order valence-electron chi connectivity index (χ4n) is 1.88. The largest absolute Gasteiger partial charge is 0.480 e. The van der Waals surface area contributed by atoms with Gasteiger partial charge < -0.3 is 14.7 Å². The molecule has 0 bridgehead atoms. The normalized spacial score (nSPS) is 19.1. The summed E-state index contributed by atoms with van der Waals surface area (Å²) in [4.78, 5) is 29.0. The number of likely N-dealkylation sites (N-methyl/N-ethyl adjacent to an activating group) is 1. The number of hydrogen-bond acceptors (Lipinski definition) is 5. The molecule has 1 atom stereocenters. The Morgan fingerprint density at radius 1 is 1.55 bits per heavy atom. The molecule has 1 saturated heterocycles. The van der Waals surface area contributed by atoms with Crippen molar-refractivity contribution in [2.24, 2.45) is 0 Å². The van der Waals surface area contributed by atoms with Crippen LogP contribution in [0, 0.1) is 0 Å². The SMILES string of the molecule is CN(C(=O)c1csc(C2CCCO2)n1)C(C)(C)C(=O)O. The molecule has 1 aliphatic rings. The molecular weight excluding hydrogens is 280 g/mol. The minimum Gasteiger partial charge on any atom is -0.480 e. The number of nitrogens with zero attached hydrogens (tertiary/aromatic N) is 2. The van der Waals surface area contributed by atoms with Crippen molar-refractivity contribution in [2.45, 2.75) is 38.3 Å².